The van der Waals surface area contributed by atoms with Crippen LogP contribution in [0.25, 0.3) is 20.9 Å². The molecule has 3 aromatic heterocycles. The van der Waals surface area contributed by atoms with Crippen LogP contribution in [-0.4, -0.2) is 36.2 Å². The summed E-state index contributed by atoms with van der Waals surface area (Å²) >= 11 is 1.42. The van der Waals surface area contributed by atoms with Gasteiger partial charge in [-0.05, 0) is 31.2 Å². The van der Waals surface area contributed by atoms with Gasteiger partial charge in [0.2, 0.25) is 10.0 Å². The molecule has 0 saturated heterocycles. The van der Waals surface area contributed by atoms with Gasteiger partial charge in [0, 0.05) is 24.5 Å². The zero-order valence-electron chi connectivity index (χ0n) is 12.1. The third-order valence-corrected chi connectivity index (χ3v) is 5.35. The van der Waals surface area contributed by atoms with Crippen molar-refractivity contribution >= 4 is 37.5 Å². The summed E-state index contributed by atoms with van der Waals surface area (Å²) < 4.78 is 24.9. The molecule has 0 aliphatic rings. The van der Waals surface area contributed by atoms with Crippen LogP contribution in [0.1, 0.15) is 6.92 Å². The highest BCUT2D eigenvalue weighted by atomic mass is 32.2. The molecule has 0 fully saturated rings. The molecule has 0 unspecified atom stereocenters. The Bertz CT molecular complexity index is 907. The van der Waals surface area contributed by atoms with Gasteiger partial charge in [-0.2, -0.15) is 0 Å². The summed E-state index contributed by atoms with van der Waals surface area (Å²) in [5, 5.41) is 0.815. The Morgan fingerprint density at radius 3 is 2.68 bits per heavy atom. The summed E-state index contributed by atoms with van der Waals surface area (Å²) in [6.45, 7) is 2.12. The average molecular weight is 334 g/mol. The fourth-order valence-corrected chi connectivity index (χ4v) is 3.96. The van der Waals surface area contributed by atoms with Gasteiger partial charge in [0.15, 0.2) is 0 Å². The highest BCUT2D eigenvalue weighted by Crippen LogP contribution is 2.30. The summed E-state index contributed by atoms with van der Waals surface area (Å²) in [6.07, 6.45) is 4.63. The number of aromatic nitrogens is 3. The number of fused-ring (bicyclic) bond motifs is 1. The topological polar surface area (TPSA) is 76.1 Å². The van der Waals surface area contributed by atoms with Crippen LogP contribution >= 0.6 is 11.3 Å². The molecule has 3 rings (SSSR count). The number of anilines is 1. The molecule has 3 heterocycles. The highest BCUT2D eigenvalue weighted by molar-refractivity contribution is 7.92. The van der Waals surface area contributed by atoms with Crippen molar-refractivity contribution in [3.05, 3.63) is 36.7 Å². The zero-order chi connectivity index (χ0) is 15.7. The van der Waals surface area contributed by atoms with Crippen LogP contribution in [-0.2, 0) is 10.0 Å². The molecule has 22 heavy (non-hydrogen) atoms. The van der Waals surface area contributed by atoms with Crippen molar-refractivity contribution in [3.8, 4) is 10.6 Å². The van der Waals surface area contributed by atoms with Crippen LogP contribution in [0.15, 0.2) is 36.7 Å². The van der Waals surface area contributed by atoms with Gasteiger partial charge < -0.3 is 0 Å². The van der Waals surface area contributed by atoms with E-state index in [0.29, 0.717) is 17.2 Å². The molecule has 6 nitrogen and oxygen atoms in total. The van der Waals surface area contributed by atoms with Gasteiger partial charge in [0.05, 0.1) is 6.26 Å². The lowest BCUT2D eigenvalue weighted by molar-refractivity contribution is 0.597. The first-order valence-electron chi connectivity index (χ1n) is 6.64. The van der Waals surface area contributed by atoms with Crippen molar-refractivity contribution in [1.82, 2.24) is 15.0 Å². The van der Waals surface area contributed by atoms with Crippen molar-refractivity contribution in [2.24, 2.45) is 0 Å². The normalized spacial score (nSPS) is 11.7. The number of rotatable bonds is 4. The molecule has 0 bridgehead atoms. The van der Waals surface area contributed by atoms with E-state index in [9.17, 15) is 8.42 Å². The Morgan fingerprint density at radius 2 is 2.05 bits per heavy atom. The number of thiazole rings is 1. The maximum Gasteiger partial charge on any atom is 0.233 e. The van der Waals surface area contributed by atoms with Crippen LogP contribution in [0.3, 0.4) is 0 Å². The largest absolute Gasteiger partial charge is 0.264 e. The Hall–Kier alpha value is -2.06. The van der Waals surface area contributed by atoms with E-state index in [0.717, 1.165) is 16.1 Å². The number of hydrogen-bond acceptors (Lipinski definition) is 6. The number of sulfonamides is 1. The van der Waals surface area contributed by atoms with E-state index in [1.165, 1.54) is 21.9 Å². The third-order valence-electron chi connectivity index (χ3n) is 3.09. The molecule has 0 spiro atoms. The molecule has 0 radical (unpaired) electrons. The van der Waals surface area contributed by atoms with Crippen LogP contribution in [0.2, 0.25) is 0 Å². The van der Waals surface area contributed by atoms with Crippen LogP contribution in [0.5, 0.6) is 0 Å². The molecule has 0 aliphatic carbocycles. The van der Waals surface area contributed by atoms with Crippen molar-refractivity contribution in [2.75, 3.05) is 17.1 Å². The molecule has 114 valence electrons. The van der Waals surface area contributed by atoms with E-state index in [1.807, 2.05) is 12.1 Å². The van der Waals surface area contributed by atoms with E-state index in [-0.39, 0.29) is 0 Å². The van der Waals surface area contributed by atoms with E-state index >= 15 is 0 Å². The first-order valence-corrected chi connectivity index (χ1v) is 9.31. The third kappa shape index (κ3) is 2.79. The summed E-state index contributed by atoms with van der Waals surface area (Å²) in [5.74, 6) is 0.416. The summed E-state index contributed by atoms with van der Waals surface area (Å²) in [6, 6.07) is 7.25. The fraction of sp³-hybridized carbons (Fsp3) is 0.214. The SMILES string of the molecule is CCN(c1ccc2nc(-c3cccnc3)sc2n1)S(C)(=O)=O. The monoisotopic (exact) mass is 334 g/mol. The quantitative estimate of drug-likeness (QED) is 0.733. The number of nitrogens with zero attached hydrogens (tertiary/aromatic N) is 4. The first kappa shape index (κ1) is 14.9. The second kappa shape index (κ2) is 5.62. The van der Waals surface area contributed by atoms with Gasteiger partial charge in [-0.3, -0.25) is 9.29 Å². The Labute approximate surface area is 132 Å². The molecule has 0 saturated carbocycles. The van der Waals surface area contributed by atoms with E-state index in [2.05, 4.69) is 15.0 Å². The second-order valence-corrected chi connectivity index (χ2v) is 7.57. The summed E-state index contributed by atoms with van der Waals surface area (Å²) in [4.78, 5) is 13.7. The zero-order valence-corrected chi connectivity index (χ0v) is 13.7. The smallest absolute Gasteiger partial charge is 0.233 e. The summed E-state index contributed by atoms with van der Waals surface area (Å²) in [7, 11) is -3.34. The van der Waals surface area contributed by atoms with E-state index < -0.39 is 10.0 Å². The fourth-order valence-electron chi connectivity index (χ4n) is 2.13. The predicted octanol–water partition coefficient (Wildman–Crippen LogP) is 2.54. The van der Waals surface area contributed by atoms with Gasteiger partial charge in [0.1, 0.15) is 21.2 Å². The highest BCUT2D eigenvalue weighted by Gasteiger charge is 2.18. The molecule has 8 heteroatoms. The molecule has 3 aromatic rings. The van der Waals surface area contributed by atoms with Crippen molar-refractivity contribution in [3.63, 3.8) is 0 Å². The minimum absolute atomic E-state index is 0.339. The minimum atomic E-state index is -3.34. The molecular formula is C14H14N4O2S2. The lowest BCUT2D eigenvalue weighted by Crippen LogP contribution is -2.30. The predicted molar refractivity (Wildman–Crippen MR) is 88.5 cm³/mol. The second-order valence-electron chi connectivity index (χ2n) is 4.68. The van der Waals surface area contributed by atoms with Crippen LogP contribution < -0.4 is 4.31 Å². The Balaban J connectivity index is 2.08. The number of pyridine rings is 2. The molecular weight excluding hydrogens is 320 g/mol. The molecule has 0 aliphatic heterocycles. The standard InChI is InChI=1S/C14H14N4O2S2/c1-3-18(22(2,19)20)12-7-6-11-14(17-12)21-13(16-11)10-5-4-8-15-9-10/h4-9H,3H2,1-2H3. The van der Waals surface area contributed by atoms with Gasteiger partial charge in [0.25, 0.3) is 0 Å². The van der Waals surface area contributed by atoms with Gasteiger partial charge in [-0.15, -0.1) is 0 Å². The van der Waals surface area contributed by atoms with Crippen LogP contribution in [0.4, 0.5) is 5.82 Å². The van der Waals surface area contributed by atoms with Crippen molar-refractivity contribution in [1.29, 1.82) is 0 Å². The molecule has 0 amide bonds. The van der Waals surface area contributed by atoms with Gasteiger partial charge in [-0.25, -0.2) is 18.4 Å². The minimum Gasteiger partial charge on any atom is -0.264 e. The molecule has 0 N–H and O–H groups in total. The lowest BCUT2D eigenvalue weighted by atomic mass is 10.3. The number of hydrogen-bond donors (Lipinski definition) is 0. The van der Waals surface area contributed by atoms with E-state index in [1.54, 1.807) is 31.5 Å². The van der Waals surface area contributed by atoms with Crippen LogP contribution in [0, 0.1) is 0 Å². The van der Waals surface area contributed by atoms with Crippen molar-refractivity contribution < 1.29 is 8.42 Å². The Morgan fingerprint density at radius 1 is 1.23 bits per heavy atom. The lowest BCUT2D eigenvalue weighted by Gasteiger charge is -2.18. The first-order chi connectivity index (χ1) is 10.5. The molecule has 0 aromatic carbocycles. The average Bonchev–Trinajstić information content (AvgIpc) is 2.90. The molecule has 0 atom stereocenters. The summed E-state index contributed by atoms with van der Waals surface area (Å²) in [5.41, 5.74) is 1.67. The van der Waals surface area contributed by atoms with Gasteiger partial charge >= 0.3 is 0 Å². The Kier molecular flexibility index (Phi) is 3.79. The van der Waals surface area contributed by atoms with Crippen molar-refractivity contribution in [2.45, 2.75) is 6.92 Å². The maximum atomic E-state index is 11.8. The maximum absolute atomic E-state index is 11.8. The van der Waals surface area contributed by atoms with E-state index in [4.69, 9.17) is 0 Å². The van der Waals surface area contributed by atoms with Gasteiger partial charge in [-0.1, -0.05) is 11.3 Å².